The summed E-state index contributed by atoms with van der Waals surface area (Å²) < 4.78 is 1.01. The van der Waals surface area contributed by atoms with E-state index in [1.165, 1.54) is 6.92 Å². The van der Waals surface area contributed by atoms with Crippen LogP contribution in [-0.4, -0.2) is 24.9 Å². The van der Waals surface area contributed by atoms with Gasteiger partial charge in [-0.15, -0.1) is 0 Å². The molecule has 0 atom stereocenters. The first-order valence-electron chi connectivity index (χ1n) is 6.65. The quantitative estimate of drug-likeness (QED) is 0.895. The molecule has 0 fully saturated rings. The molecule has 20 heavy (non-hydrogen) atoms. The maximum Gasteiger partial charge on any atom is 0.223 e. The number of nitrogens with zero attached hydrogens (tertiary/aromatic N) is 1. The summed E-state index contributed by atoms with van der Waals surface area (Å²) in [6, 6.07) is 5.77. The van der Waals surface area contributed by atoms with Crippen LogP contribution in [0.3, 0.4) is 0 Å². The van der Waals surface area contributed by atoms with Gasteiger partial charge in [-0.1, -0.05) is 29.8 Å². The smallest absolute Gasteiger partial charge is 0.223 e. The molecule has 110 valence electrons. The number of carbonyl (C=O) groups excluding carboxylic acids is 2. The Morgan fingerprint density at radius 3 is 2.50 bits per heavy atom. The standard InChI is InChI=1S/C15H21BrN2O2/c1-10(2)15(20)17-7-8-18(12(4)19)13-5-6-14(16)11(3)9-13/h5-6,9-10H,7-8H2,1-4H3,(H,17,20). The monoisotopic (exact) mass is 340 g/mol. The molecule has 1 aromatic rings. The third-order valence-corrected chi connectivity index (χ3v) is 3.88. The number of hydrogen-bond acceptors (Lipinski definition) is 2. The molecule has 0 aliphatic heterocycles. The molecular weight excluding hydrogens is 320 g/mol. The molecule has 0 saturated carbocycles. The molecule has 0 radical (unpaired) electrons. The van der Waals surface area contributed by atoms with Crippen LogP contribution in [0.4, 0.5) is 5.69 Å². The van der Waals surface area contributed by atoms with Crippen molar-refractivity contribution < 1.29 is 9.59 Å². The molecule has 1 N–H and O–H groups in total. The molecular formula is C15H21BrN2O2. The molecule has 0 heterocycles. The summed E-state index contributed by atoms with van der Waals surface area (Å²) in [5.74, 6) is -0.0817. The van der Waals surface area contributed by atoms with Gasteiger partial charge < -0.3 is 10.2 Å². The Bertz CT molecular complexity index is 501. The van der Waals surface area contributed by atoms with Crippen molar-refractivity contribution in [1.82, 2.24) is 5.32 Å². The molecule has 0 unspecified atom stereocenters. The molecule has 0 aromatic heterocycles. The predicted molar refractivity (Wildman–Crippen MR) is 84.8 cm³/mol. The highest BCUT2D eigenvalue weighted by Crippen LogP contribution is 2.22. The van der Waals surface area contributed by atoms with E-state index in [0.717, 1.165) is 15.7 Å². The Morgan fingerprint density at radius 2 is 2.00 bits per heavy atom. The van der Waals surface area contributed by atoms with Gasteiger partial charge in [0.15, 0.2) is 0 Å². The SMILES string of the molecule is CC(=O)N(CCNC(=O)C(C)C)c1ccc(Br)c(C)c1. The largest absolute Gasteiger partial charge is 0.354 e. The van der Waals surface area contributed by atoms with E-state index < -0.39 is 0 Å². The molecule has 0 bridgehead atoms. The molecule has 1 aromatic carbocycles. The third-order valence-electron chi connectivity index (χ3n) is 2.99. The topological polar surface area (TPSA) is 49.4 Å². The van der Waals surface area contributed by atoms with Gasteiger partial charge in [-0.25, -0.2) is 0 Å². The molecule has 0 saturated heterocycles. The Morgan fingerprint density at radius 1 is 1.35 bits per heavy atom. The summed E-state index contributed by atoms with van der Waals surface area (Å²) in [6.45, 7) is 8.11. The van der Waals surface area contributed by atoms with Gasteiger partial charge >= 0.3 is 0 Å². The van der Waals surface area contributed by atoms with E-state index in [1.54, 1.807) is 4.90 Å². The van der Waals surface area contributed by atoms with Gasteiger partial charge in [0.1, 0.15) is 0 Å². The lowest BCUT2D eigenvalue weighted by atomic mass is 10.2. The number of halogens is 1. The lowest BCUT2D eigenvalue weighted by Crippen LogP contribution is -2.38. The van der Waals surface area contributed by atoms with Gasteiger partial charge in [0.2, 0.25) is 11.8 Å². The van der Waals surface area contributed by atoms with E-state index in [9.17, 15) is 9.59 Å². The molecule has 0 spiro atoms. The summed E-state index contributed by atoms with van der Waals surface area (Å²) in [4.78, 5) is 24.9. The maximum atomic E-state index is 11.8. The molecule has 1 rings (SSSR count). The molecule has 4 nitrogen and oxygen atoms in total. The number of hydrogen-bond donors (Lipinski definition) is 1. The first-order chi connectivity index (χ1) is 9.32. The van der Waals surface area contributed by atoms with Crippen molar-refractivity contribution in [2.24, 2.45) is 5.92 Å². The van der Waals surface area contributed by atoms with Gasteiger partial charge in [0.25, 0.3) is 0 Å². The van der Waals surface area contributed by atoms with Crippen LogP contribution in [0.2, 0.25) is 0 Å². The lowest BCUT2D eigenvalue weighted by Gasteiger charge is -2.22. The fourth-order valence-electron chi connectivity index (χ4n) is 1.76. The second kappa shape index (κ2) is 7.43. The van der Waals surface area contributed by atoms with Crippen molar-refractivity contribution in [3.05, 3.63) is 28.2 Å². The summed E-state index contributed by atoms with van der Waals surface area (Å²) in [6.07, 6.45) is 0. The Kier molecular flexibility index (Phi) is 6.20. The first kappa shape index (κ1) is 16.7. The molecule has 2 amide bonds. The van der Waals surface area contributed by atoms with Crippen LogP contribution in [0.1, 0.15) is 26.3 Å². The number of aryl methyl sites for hydroxylation is 1. The van der Waals surface area contributed by atoms with E-state index in [4.69, 9.17) is 0 Å². The highest BCUT2D eigenvalue weighted by atomic mass is 79.9. The fraction of sp³-hybridized carbons (Fsp3) is 0.467. The van der Waals surface area contributed by atoms with E-state index in [0.29, 0.717) is 13.1 Å². The van der Waals surface area contributed by atoms with Crippen molar-refractivity contribution in [2.45, 2.75) is 27.7 Å². The van der Waals surface area contributed by atoms with Gasteiger partial charge in [0, 0.05) is 36.1 Å². The van der Waals surface area contributed by atoms with Gasteiger partial charge in [0.05, 0.1) is 0 Å². The van der Waals surface area contributed by atoms with Crippen LogP contribution in [0, 0.1) is 12.8 Å². The third kappa shape index (κ3) is 4.63. The average molecular weight is 341 g/mol. The van der Waals surface area contributed by atoms with Crippen LogP contribution < -0.4 is 10.2 Å². The normalized spacial score (nSPS) is 10.5. The number of anilines is 1. The van der Waals surface area contributed by atoms with E-state index >= 15 is 0 Å². The van der Waals surface area contributed by atoms with Crippen LogP contribution in [0.5, 0.6) is 0 Å². The number of rotatable bonds is 5. The first-order valence-corrected chi connectivity index (χ1v) is 7.44. The van der Waals surface area contributed by atoms with Crippen LogP contribution in [0.15, 0.2) is 22.7 Å². The lowest BCUT2D eigenvalue weighted by molar-refractivity contribution is -0.124. The zero-order chi connectivity index (χ0) is 15.3. The Hall–Kier alpha value is -1.36. The fourth-order valence-corrected chi connectivity index (χ4v) is 2.01. The van der Waals surface area contributed by atoms with Gasteiger partial charge in [-0.05, 0) is 30.7 Å². The summed E-state index contributed by atoms with van der Waals surface area (Å²) in [5, 5.41) is 2.82. The van der Waals surface area contributed by atoms with Crippen LogP contribution in [-0.2, 0) is 9.59 Å². The zero-order valence-corrected chi connectivity index (χ0v) is 14.0. The predicted octanol–water partition coefficient (Wildman–Crippen LogP) is 2.88. The maximum absolute atomic E-state index is 11.8. The van der Waals surface area contributed by atoms with Crippen LogP contribution in [0.25, 0.3) is 0 Å². The summed E-state index contributed by atoms with van der Waals surface area (Å²) in [7, 11) is 0. The molecule has 5 heteroatoms. The van der Waals surface area contributed by atoms with Crippen molar-refractivity contribution in [2.75, 3.05) is 18.0 Å². The van der Waals surface area contributed by atoms with Crippen LogP contribution >= 0.6 is 15.9 Å². The Labute approximate surface area is 128 Å². The molecule has 0 aliphatic rings. The number of benzene rings is 1. The number of amides is 2. The Balaban J connectivity index is 2.72. The second-order valence-corrected chi connectivity index (χ2v) is 5.90. The minimum Gasteiger partial charge on any atom is -0.354 e. The molecule has 0 aliphatic carbocycles. The van der Waals surface area contributed by atoms with Crippen molar-refractivity contribution in [1.29, 1.82) is 0 Å². The van der Waals surface area contributed by atoms with Gasteiger partial charge in [-0.3, -0.25) is 9.59 Å². The minimum atomic E-state index is -0.0456. The van der Waals surface area contributed by atoms with Crippen molar-refractivity contribution >= 4 is 33.4 Å². The van der Waals surface area contributed by atoms with E-state index in [2.05, 4.69) is 21.2 Å². The summed E-state index contributed by atoms with van der Waals surface area (Å²) >= 11 is 3.44. The minimum absolute atomic E-state index is 0.000453. The van der Waals surface area contributed by atoms with Crippen molar-refractivity contribution in [3.8, 4) is 0 Å². The number of carbonyl (C=O) groups is 2. The number of nitrogens with one attached hydrogen (secondary N) is 1. The van der Waals surface area contributed by atoms with Gasteiger partial charge in [-0.2, -0.15) is 0 Å². The zero-order valence-electron chi connectivity index (χ0n) is 12.4. The van der Waals surface area contributed by atoms with E-state index in [-0.39, 0.29) is 17.7 Å². The summed E-state index contributed by atoms with van der Waals surface area (Å²) in [5.41, 5.74) is 1.91. The second-order valence-electron chi connectivity index (χ2n) is 5.05. The van der Waals surface area contributed by atoms with E-state index in [1.807, 2.05) is 39.0 Å². The van der Waals surface area contributed by atoms with Crippen molar-refractivity contribution in [3.63, 3.8) is 0 Å². The average Bonchev–Trinajstić information content (AvgIpc) is 2.37. The highest BCUT2D eigenvalue weighted by molar-refractivity contribution is 9.10. The highest BCUT2D eigenvalue weighted by Gasteiger charge is 2.13.